The van der Waals surface area contributed by atoms with Crippen molar-refractivity contribution in [3.63, 3.8) is 0 Å². The predicted molar refractivity (Wildman–Crippen MR) is 65.3 cm³/mol. The monoisotopic (exact) mass is 412 g/mol. The van der Waals surface area contributed by atoms with Crippen molar-refractivity contribution in [3.8, 4) is 0 Å². The molecular weight excluding hydrogens is 398 g/mol. The molecule has 0 saturated carbocycles. The van der Waals surface area contributed by atoms with Gasteiger partial charge in [-0.1, -0.05) is 0 Å². The first kappa shape index (κ1) is 28.3. The number of rotatable bonds is 4. The average Bonchev–Trinajstić information content (AvgIpc) is 2.98. The van der Waals surface area contributed by atoms with Gasteiger partial charge in [0, 0.05) is 11.5 Å². The molecule has 0 bridgehead atoms. The molecular formula is C12H14KNaO12. The van der Waals surface area contributed by atoms with Gasteiger partial charge in [0.15, 0.2) is 12.2 Å². The molecule has 0 radical (unpaired) electrons. The smallest absolute Gasteiger partial charge is 0.865 e. The van der Waals surface area contributed by atoms with Crippen molar-refractivity contribution in [1.82, 2.24) is 0 Å². The topological polar surface area (TPSA) is 220 Å². The van der Waals surface area contributed by atoms with E-state index in [-0.39, 0.29) is 80.9 Å². The van der Waals surface area contributed by atoms with E-state index in [1.54, 1.807) is 0 Å². The van der Waals surface area contributed by atoms with Crippen molar-refractivity contribution in [2.24, 2.45) is 0 Å². The Morgan fingerprint density at radius 3 is 1.27 bits per heavy atom. The second-order valence-corrected chi connectivity index (χ2v) is 4.58. The van der Waals surface area contributed by atoms with Crippen molar-refractivity contribution >= 4 is 11.9 Å². The third-order valence-corrected chi connectivity index (χ3v) is 2.92. The second-order valence-electron chi connectivity index (χ2n) is 4.58. The normalized spacial score (nSPS) is 23.8. The number of ether oxygens (including phenoxy) is 2. The van der Waals surface area contributed by atoms with Gasteiger partial charge in [-0.05, 0) is 0 Å². The summed E-state index contributed by atoms with van der Waals surface area (Å²) in [5, 5.41) is 73.5. The summed E-state index contributed by atoms with van der Waals surface area (Å²) in [5.74, 6) is -6.50. The first-order chi connectivity index (χ1) is 11.1. The van der Waals surface area contributed by atoms with E-state index < -0.39 is 72.6 Å². The molecule has 26 heavy (non-hydrogen) atoms. The van der Waals surface area contributed by atoms with Crippen LogP contribution in [0.25, 0.3) is 0 Å². The fourth-order valence-electron chi connectivity index (χ4n) is 1.63. The van der Waals surface area contributed by atoms with Crippen LogP contribution in [0, 0.1) is 0 Å². The fraction of sp³-hybridized carbons (Fsp3) is 0.500. The molecule has 2 aliphatic heterocycles. The van der Waals surface area contributed by atoms with Crippen LogP contribution in [-0.2, 0) is 19.1 Å². The zero-order valence-electron chi connectivity index (χ0n) is 13.9. The zero-order chi connectivity index (χ0) is 18.6. The molecule has 0 aromatic rings. The second kappa shape index (κ2) is 12.5. The number of carbonyl (C=O) groups excluding carboxylic acids is 2. The Bertz CT molecular complexity index is 527. The van der Waals surface area contributed by atoms with Crippen molar-refractivity contribution in [1.29, 1.82) is 0 Å². The van der Waals surface area contributed by atoms with Crippen molar-refractivity contribution in [3.05, 3.63) is 23.0 Å². The minimum Gasteiger partial charge on any atom is -0.865 e. The summed E-state index contributed by atoms with van der Waals surface area (Å²) in [6.45, 7) is -1.40. The SMILES string of the molecule is O=C1O[C@H]([C@@H](O)CO)C(O)=C1[O-].O=C1O[C@H]([C@@H](O)CO)C(O)=C1[O-].[K+].[Na+]. The number of esters is 2. The maximum absolute atomic E-state index is 10.6. The largest absolute Gasteiger partial charge is 1.00 e. The molecule has 0 saturated heterocycles. The zero-order valence-corrected chi connectivity index (χ0v) is 19.0. The van der Waals surface area contributed by atoms with E-state index in [0.29, 0.717) is 0 Å². The Kier molecular flexibility index (Phi) is 13.6. The van der Waals surface area contributed by atoms with Gasteiger partial charge in [-0.25, -0.2) is 9.59 Å². The standard InChI is InChI=1S/2C6H8O6.K.Na/c2*7-1-2(8)5-3(9)4(10)6(11)12-5;;/h2*2,5,7-10H,1H2;;/q;;2*+1/p-2/t2*2-,5+;;/m00../s1. The molecule has 6 N–H and O–H groups in total. The Morgan fingerprint density at radius 2 is 1.12 bits per heavy atom. The van der Waals surface area contributed by atoms with Crippen LogP contribution < -0.4 is 91.2 Å². The van der Waals surface area contributed by atoms with Gasteiger partial charge in [0.2, 0.25) is 0 Å². The van der Waals surface area contributed by atoms with Gasteiger partial charge in [-0.15, -0.1) is 0 Å². The van der Waals surface area contributed by atoms with Crippen LogP contribution in [0.3, 0.4) is 0 Å². The first-order valence-electron chi connectivity index (χ1n) is 6.35. The maximum atomic E-state index is 10.6. The summed E-state index contributed by atoms with van der Waals surface area (Å²) in [5.41, 5.74) is 0. The molecule has 0 amide bonds. The molecule has 0 spiro atoms. The minimum atomic E-state index is -1.46. The van der Waals surface area contributed by atoms with Gasteiger partial charge < -0.3 is 50.3 Å². The number of carbonyl (C=O) groups is 2. The van der Waals surface area contributed by atoms with Crippen LogP contribution in [0.1, 0.15) is 0 Å². The minimum absolute atomic E-state index is 0. The van der Waals surface area contributed by atoms with Gasteiger partial charge in [0.1, 0.15) is 23.7 Å². The van der Waals surface area contributed by atoms with Crippen LogP contribution in [0.4, 0.5) is 0 Å². The van der Waals surface area contributed by atoms with E-state index in [2.05, 4.69) is 9.47 Å². The van der Waals surface area contributed by atoms with Gasteiger partial charge >= 0.3 is 92.9 Å². The Hall–Kier alpha value is 0.0964. The molecule has 0 aromatic heterocycles. The van der Waals surface area contributed by atoms with Crippen LogP contribution in [-0.4, -0.2) is 80.2 Å². The Morgan fingerprint density at radius 1 is 0.846 bits per heavy atom. The molecule has 4 atom stereocenters. The molecule has 2 rings (SSSR count). The molecule has 136 valence electrons. The summed E-state index contributed by atoms with van der Waals surface area (Å²) in [7, 11) is 0. The quantitative estimate of drug-likeness (QED) is 0.187. The number of hydrogen-bond donors (Lipinski definition) is 6. The molecule has 12 nitrogen and oxygen atoms in total. The summed E-state index contributed by atoms with van der Waals surface area (Å²) >= 11 is 0. The summed E-state index contributed by atoms with van der Waals surface area (Å²) in [6, 6.07) is 0. The molecule has 0 fully saturated rings. The molecule has 2 heterocycles. The van der Waals surface area contributed by atoms with E-state index >= 15 is 0 Å². The predicted octanol–water partition coefficient (Wildman–Crippen LogP) is -11.2. The van der Waals surface area contributed by atoms with E-state index in [0.717, 1.165) is 0 Å². The van der Waals surface area contributed by atoms with E-state index in [1.165, 1.54) is 0 Å². The average molecular weight is 412 g/mol. The van der Waals surface area contributed by atoms with Crippen molar-refractivity contribution < 1.29 is 141 Å². The molecule has 0 unspecified atom stereocenters. The Labute approximate surface area is 211 Å². The van der Waals surface area contributed by atoms with E-state index in [1.807, 2.05) is 0 Å². The number of aliphatic hydroxyl groups is 6. The van der Waals surface area contributed by atoms with Gasteiger partial charge in [-0.3, -0.25) is 0 Å². The van der Waals surface area contributed by atoms with Gasteiger partial charge in [0.25, 0.3) is 0 Å². The molecule has 0 aliphatic carbocycles. The fourth-order valence-corrected chi connectivity index (χ4v) is 1.63. The van der Waals surface area contributed by atoms with Crippen LogP contribution in [0.15, 0.2) is 23.0 Å². The maximum Gasteiger partial charge on any atom is 1.00 e. The first-order valence-corrected chi connectivity index (χ1v) is 6.35. The van der Waals surface area contributed by atoms with Crippen LogP contribution in [0.5, 0.6) is 0 Å². The van der Waals surface area contributed by atoms with Crippen LogP contribution >= 0.6 is 0 Å². The van der Waals surface area contributed by atoms with Crippen molar-refractivity contribution in [2.45, 2.75) is 24.4 Å². The summed E-state index contributed by atoms with van der Waals surface area (Å²) < 4.78 is 8.51. The number of cyclic esters (lactones) is 2. The number of aliphatic hydroxyl groups excluding tert-OH is 6. The van der Waals surface area contributed by atoms with E-state index in [9.17, 15) is 19.8 Å². The number of hydrogen-bond acceptors (Lipinski definition) is 12. The van der Waals surface area contributed by atoms with E-state index in [4.69, 9.17) is 30.6 Å². The molecule has 0 aromatic carbocycles. The van der Waals surface area contributed by atoms with Crippen molar-refractivity contribution in [2.75, 3.05) is 13.2 Å². The van der Waals surface area contributed by atoms with Gasteiger partial charge in [-0.2, -0.15) is 0 Å². The summed E-state index contributed by atoms with van der Waals surface area (Å²) in [4.78, 5) is 20.9. The molecule has 2 aliphatic rings. The molecule has 14 heteroatoms. The van der Waals surface area contributed by atoms with Gasteiger partial charge in [0.05, 0.1) is 13.2 Å². The Balaban J connectivity index is 0. The third-order valence-electron chi connectivity index (χ3n) is 2.92. The summed E-state index contributed by atoms with van der Waals surface area (Å²) in [6.07, 6.45) is -5.76. The van der Waals surface area contributed by atoms with Crippen LogP contribution in [0.2, 0.25) is 0 Å². The third kappa shape index (κ3) is 6.61.